The Labute approximate surface area is 111 Å². The molecule has 0 aliphatic carbocycles. The van der Waals surface area contributed by atoms with E-state index in [9.17, 15) is 4.79 Å². The van der Waals surface area contributed by atoms with E-state index in [0.29, 0.717) is 13.2 Å². The number of carbonyl (C=O) groups is 1. The van der Waals surface area contributed by atoms with E-state index in [1.54, 1.807) is 4.90 Å². The second-order valence-electron chi connectivity index (χ2n) is 4.38. The second-order valence-corrected chi connectivity index (χ2v) is 5.61. The molecule has 5 heteroatoms. The molecule has 2 fully saturated rings. The van der Waals surface area contributed by atoms with E-state index in [2.05, 4.69) is 17.0 Å². The molecule has 1 aromatic carbocycles. The van der Waals surface area contributed by atoms with E-state index in [1.807, 2.05) is 23.9 Å². The van der Waals surface area contributed by atoms with Crippen molar-refractivity contribution >= 4 is 29.2 Å². The minimum atomic E-state index is -0.239. The number of carbonyl (C=O) groups excluding carboxylic acids is 1. The maximum Gasteiger partial charge on any atom is 0.414 e. The van der Waals surface area contributed by atoms with Crippen molar-refractivity contribution in [3.05, 3.63) is 24.3 Å². The molecule has 0 saturated carbocycles. The average molecular weight is 264 g/mol. The van der Waals surface area contributed by atoms with Gasteiger partial charge in [-0.3, -0.25) is 4.90 Å². The lowest BCUT2D eigenvalue weighted by atomic mass is 10.2. The van der Waals surface area contributed by atoms with Crippen molar-refractivity contribution in [2.75, 3.05) is 47.5 Å². The Morgan fingerprint density at radius 2 is 1.67 bits per heavy atom. The third kappa shape index (κ3) is 2.27. The number of anilines is 2. The zero-order valence-electron chi connectivity index (χ0n) is 10.2. The Hall–Kier alpha value is -1.36. The summed E-state index contributed by atoms with van der Waals surface area (Å²) in [5, 5.41) is 0. The molecule has 0 N–H and O–H groups in total. The van der Waals surface area contributed by atoms with E-state index >= 15 is 0 Å². The van der Waals surface area contributed by atoms with Crippen LogP contribution >= 0.6 is 11.8 Å². The summed E-state index contributed by atoms with van der Waals surface area (Å²) in [5.74, 6) is 2.39. The molecule has 1 amide bonds. The van der Waals surface area contributed by atoms with Crippen molar-refractivity contribution in [2.45, 2.75) is 0 Å². The first kappa shape index (κ1) is 11.7. The number of rotatable bonds is 2. The molecular formula is C13H16N2O2S. The predicted octanol–water partition coefficient (Wildman–Crippen LogP) is 2.20. The number of amides is 1. The summed E-state index contributed by atoms with van der Waals surface area (Å²) in [6, 6.07) is 8.20. The van der Waals surface area contributed by atoms with Crippen LogP contribution in [-0.4, -0.2) is 43.8 Å². The lowest BCUT2D eigenvalue weighted by Gasteiger charge is -2.28. The number of thioether (sulfide) groups is 1. The number of hydrogen-bond acceptors (Lipinski definition) is 4. The number of ether oxygens (including phenoxy) is 1. The van der Waals surface area contributed by atoms with E-state index in [-0.39, 0.29) is 6.09 Å². The molecule has 3 rings (SSSR count). The molecule has 0 aromatic heterocycles. The van der Waals surface area contributed by atoms with Crippen LogP contribution in [0.3, 0.4) is 0 Å². The molecule has 1 aromatic rings. The first-order valence-corrected chi connectivity index (χ1v) is 7.37. The largest absolute Gasteiger partial charge is 0.447 e. The quantitative estimate of drug-likeness (QED) is 0.820. The van der Waals surface area contributed by atoms with Gasteiger partial charge in [-0.2, -0.15) is 11.8 Å². The monoisotopic (exact) mass is 264 g/mol. The molecule has 2 aliphatic heterocycles. The smallest absolute Gasteiger partial charge is 0.414 e. The topological polar surface area (TPSA) is 32.8 Å². The zero-order valence-corrected chi connectivity index (χ0v) is 11.0. The lowest BCUT2D eigenvalue weighted by molar-refractivity contribution is 0.181. The van der Waals surface area contributed by atoms with Gasteiger partial charge in [0.15, 0.2) is 0 Å². The van der Waals surface area contributed by atoms with Crippen molar-refractivity contribution in [3.63, 3.8) is 0 Å². The maximum atomic E-state index is 11.5. The van der Waals surface area contributed by atoms with Gasteiger partial charge in [-0.1, -0.05) is 0 Å². The average Bonchev–Trinajstić information content (AvgIpc) is 2.86. The van der Waals surface area contributed by atoms with Gasteiger partial charge in [-0.25, -0.2) is 4.79 Å². The standard InChI is InChI=1S/C13H16N2O2S/c16-13-15(5-8-17-13)12-3-1-11(2-4-12)14-6-9-18-10-7-14/h1-4H,5-10H2. The Morgan fingerprint density at radius 3 is 2.28 bits per heavy atom. The van der Waals surface area contributed by atoms with Gasteiger partial charge >= 0.3 is 6.09 Å². The zero-order chi connectivity index (χ0) is 12.4. The molecule has 0 bridgehead atoms. The van der Waals surface area contributed by atoms with Crippen LogP contribution in [0.25, 0.3) is 0 Å². The van der Waals surface area contributed by atoms with Crippen LogP contribution < -0.4 is 9.80 Å². The highest BCUT2D eigenvalue weighted by Gasteiger charge is 2.23. The summed E-state index contributed by atoms with van der Waals surface area (Å²) in [6.45, 7) is 3.36. The van der Waals surface area contributed by atoms with Crippen molar-refractivity contribution in [2.24, 2.45) is 0 Å². The SMILES string of the molecule is O=C1OCCN1c1ccc(N2CCSCC2)cc1. The Balaban J connectivity index is 1.74. The Kier molecular flexibility index (Phi) is 3.32. The molecule has 0 spiro atoms. The molecule has 2 saturated heterocycles. The first-order chi connectivity index (χ1) is 8.84. The lowest BCUT2D eigenvalue weighted by Crippen LogP contribution is -2.32. The molecule has 0 radical (unpaired) electrons. The van der Waals surface area contributed by atoms with Gasteiger partial charge in [0.05, 0.1) is 6.54 Å². The molecule has 4 nitrogen and oxygen atoms in total. The molecule has 2 aliphatic rings. The normalized spacial score (nSPS) is 20.1. The Bertz CT molecular complexity index is 429. The summed E-state index contributed by atoms with van der Waals surface area (Å²) < 4.78 is 4.94. The fraction of sp³-hybridized carbons (Fsp3) is 0.462. The molecular weight excluding hydrogens is 248 g/mol. The molecule has 96 valence electrons. The third-order valence-corrected chi connectivity index (χ3v) is 4.24. The summed E-state index contributed by atoms with van der Waals surface area (Å²) in [6.07, 6.45) is -0.239. The van der Waals surface area contributed by atoms with Crippen molar-refractivity contribution in [3.8, 4) is 0 Å². The molecule has 2 heterocycles. The van der Waals surface area contributed by atoms with Gasteiger partial charge < -0.3 is 9.64 Å². The van der Waals surface area contributed by atoms with E-state index in [4.69, 9.17) is 4.74 Å². The first-order valence-electron chi connectivity index (χ1n) is 6.22. The fourth-order valence-corrected chi connectivity index (χ4v) is 3.20. The maximum absolute atomic E-state index is 11.5. The summed E-state index contributed by atoms with van der Waals surface area (Å²) in [7, 11) is 0. The Morgan fingerprint density at radius 1 is 1.00 bits per heavy atom. The van der Waals surface area contributed by atoms with Crippen LogP contribution in [0.4, 0.5) is 16.2 Å². The predicted molar refractivity (Wildman–Crippen MR) is 74.7 cm³/mol. The number of cyclic esters (lactones) is 1. The van der Waals surface area contributed by atoms with Gasteiger partial charge in [0.25, 0.3) is 0 Å². The van der Waals surface area contributed by atoms with E-state index in [0.717, 1.165) is 18.8 Å². The van der Waals surface area contributed by atoms with Crippen LogP contribution in [0, 0.1) is 0 Å². The minimum Gasteiger partial charge on any atom is -0.447 e. The van der Waals surface area contributed by atoms with Crippen LogP contribution in [0.15, 0.2) is 24.3 Å². The summed E-state index contributed by atoms with van der Waals surface area (Å²) >= 11 is 2.01. The minimum absolute atomic E-state index is 0.239. The van der Waals surface area contributed by atoms with Crippen molar-refractivity contribution in [1.29, 1.82) is 0 Å². The third-order valence-electron chi connectivity index (χ3n) is 3.30. The highest BCUT2D eigenvalue weighted by molar-refractivity contribution is 7.99. The van der Waals surface area contributed by atoms with Gasteiger partial charge in [0, 0.05) is 36.0 Å². The summed E-state index contributed by atoms with van der Waals surface area (Å²) in [4.78, 5) is 15.5. The van der Waals surface area contributed by atoms with Crippen LogP contribution in [0.1, 0.15) is 0 Å². The number of hydrogen-bond donors (Lipinski definition) is 0. The van der Waals surface area contributed by atoms with Crippen LogP contribution in [0.5, 0.6) is 0 Å². The molecule has 0 unspecified atom stereocenters. The van der Waals surface area contributed by atoms with Crippen LogP contribution in [0.2, 0.25) is 0 Å². The van der Waals surface area contributed by atoms with E-state index < -0.39 is 0 Å². The second kappa shape index (κ2) is 5.10. The highest BCUT2D eigenvalue weighted by atomic mass is 32.2. The molecule has 0 atom stereocenters. The van der Waals surface area contributed by atoms with Gasteiger partial charge in [0.1, 0.15) is 6.61 Å². The van der Waals surface area contributed by atoms with Crippen LogP contribution in [-0.2, 0) is 4.74 Å². The number of nitrogens with zero attached hydrogens (tertiary/aromatic N) is 2. The van der Waals surface area contributed by atoms with Gasteiger partial charge in [0.2, 0.25) is 0 Å². The highest BCUT2D eigenvalue weighted by Crippen LogP contribution is 2.24. The summed E-state index contributed by atoms with van der Waals surface area (Å²) in [5.41, 5.74) is 2.17. The molecule has 18 heavy (non-hydrogen) atoms. The number of benzene rings is 1. The fourth-order valence-electron chi connectivity index (χ4n) is 2.29. The van der Waals surface area contributed by atoms with E-state index in [1.165, 1.54) is 17.2 Å². The van der Waals surface area contributed by atoms with Crippen molar-refractivity contribution < 1.29 is 9.53 Å². The van der Waals surface area contributed by atoms with Gasteiger partial charge in [-0.15, -0.1) is 0 Å². The van der Waals surface area contributed by atoms with Gasteiger partial charge in [-0.05, 0) is 24.3 Å². The van der Waals surface area contributed by atoms with Crippen molar-refractivity contribution in [1.82, 2.24) is 0 Å².